The molecule has 2 rings (SSSR count). The lowest BCUT2D eigenvalue weighted by Crippen LogP contribution is -2.38. The van der Waals surface area contributed by atoms with Crippen molar-refractivity contribution in [2.75, 3.05) is 13.2 Å². The summed E-state index contributed by atoms with van der Waals surface area (Å²) in [5.41, 5.74) is 1.77. The number of aliphatic hydroxyl groups is 1. The van der Waals surface area contributed by atoms with Gasteiger partial charge in [0.25, 0.3) is 0 Å². The normalized spacial score (nSPS) is 22.3. The third-order valence-corrected chi connectivity index (χ3v) is 3.82. The summed E-state index contributed by atoms with van der Waals surface area (Å²) >= 11 is 3.46. The fourth-order valence-corrected chi connectivity index (χ4v) is 2.72. The number of benzene rings is 1. The molecule has 1 unspecified atom stereocenters. The van der Waals surface area contributed by atoms with Crippen molar-refractivity contribution in [2.24, 2.45) is 0 Å². The van der Waals surface area contributed by atoms with Crippen LogP contribution in [0, 0.1) is 11.3 Å². The van der Waals surface area contributed by atoms with E-state index in [0.29, 0.717) is 19.4 Å². The Morgan fingerprint density at radius 3 is 3.00 bits per heavy atom. The summed E-state index contributed by atoms with van der Waals surface area (Å²) in [6.45, 7) is 0.543. The van der Waals surface area contributed by atoms with Crippen molar-refractivity contribution < 1.29 is 9.84 Å². The third kappa shape index (κ3) is 2.92. The largest absolute Gasteiger partial charge is 0.396 e. The number of fused-ring (bicyclic) bond motifs is 1. The van der Waals surface area contributed by atoms with Gasteiger partial charge in [-0.3, -0.25) is 0 Å². The first-order chi connectivity index (χ1) is 8.69. The van der Waals surface area contributed by atoms with Gasteiger partial charge in [-0.15, -0.1) is 0 Å². The second kappa shape index (κ2) is 5.83. The van der Waals surface area contributed by atoms with Gasteiger partial charge in [0, 0.05) is 17.5 Å². The highest BCUT2D eigenvalue weighted by Crippen LogP contribution is 2.32. The maximum atomic E-state index is 9.37. The van der Waals surface area contributed by atoms with Gasteiger partial charge in [0.1, 0.15) is 0 Å². The van der Waals surface area contributed by atoms with Crippen LogP contribution in [0.15, 0.2) is 22.7 Å². The fourth-order valence-electron chi connectivity index (χ4n) is 2.32. The molecule has 1 aromatic carbocycles. The van der Waals surface area contributed by atoms with Crippen LogP contribution in [-0.2, 0) is 17.6 Å². The first-order valence-corrected chi connectivity index (χ1v) is 6.92. The first kappa shape index (κ1) is 13.5. The molecule has 96 valence electrons. The Balaban J connectivity index is 2.13. The molecule has 4 heteroatoms. The van der Waals surface area contributed by atoms with E-state index < -0.39 is 5.60 Å². The molecule has 0 bridgehead atoms. The average Bonchev–Trinajstić information content (AvgIpc) is 2.39. The Morgan fingerprint density at radius 2 is 2.28 bits per heavy atom. The molecule has 0 amide bonds. The molecule has 1 aliphatic carbocycles. The second-order valence-corrected chi connectivity index (χ2v) is 5.54. The lowest BCUT2D eigenvalue weighted by Gasteiger charge is -2.32. The molecule has 0 spiro atoms. The zero-order chi connectivity index (χ0) is 13.0. The summed E-state index contributed by atoms with van der Waals surface area (Å²) in [4.78, 5) is 0. The van der Waals surface area contributed by atoms with Crippen molar-refractivity contribution in [1.29, 1.82) is 5.26 Å². The minimum atomic E-state index is -0.712. The number of ether oxygens (including phenoxy) is 1. The van der Waals surface area contributed by atoms with E-state index in [0.717, 1.165) is 17.3 Å². The SMILES string of the molecule is N#CC1(OCCCO)CCc2cc(Br)ccc2C1. The zero-order valence-corrected chi connectivity index (χ0v) is 11.7. The number of aliphatic hydroxyl groups excluding tert-OH is 1. The average molecular weight is 310 g/mol. The van der Waals surface area contributed by atoms with Gasteiger partial charge in [0.15, 0.2) is 5.60 Å². The molecule has 0 saturated heterocycles. The van der Waals surface area contributed by atoms with Crippen LogP contribution in [0.3, 0.4) is 0 Å². The molecule has 0 radical (unpaired) electrons. The van der Waals surface area contributed by atoms with E-state index in [-0.39, 0.29) is 6.61 Å². The Hall–Kier alpha value is -0.890. The standard InChI is InChI=1S/C14H16BrNO2/c15-13-3-2-12-9-14(10-16,18-7-1-6-17)5-4-11(12)8-13/h2-3,8,17H,1,4-7,9H2. The first-order valence-electron chi connectivity index (χ1n) is 6.12. The summed E-state index contributed by atoms with van der Waals surface area (Å²) in [7, 11) is 0. The lowest BCUT2D eigenvalue weighted by molar-refractivity contribution is -0.0172. The van der Waals surface area contributed by atoms with E-state index in [9.17, 15) is 5.26 Å². The molecule has 1 atom stereocenters. The van der Waals surface area contributed by atoms with Gasteiger partial charge >= 0.3 is 0 Å². The molecule has 3 nitrogen and oxygen atoms in total. The number of nitriles is 1. The van der Waals surface area contributed by atoms with Crippen LogP contribution in [0.2, 0.25) is 0 Å². The quantitative estimate of drug-likeness (QED) is 0.870. The topological polar surface area (TPSA) is 53.2 Å². The third-order valence-electron chi connectivity index (χ3n) is 3.33. The van der Waals surface area contributed by atoms with Crippen LogP contribution in [0.25, 0.3) is 0 Å². The number of hydrogen-bond acceptors (Lipinski definition) is 3. The minimum Gasteiger partial charge on any atom is -0.396 e. The molecule has 0 saturated carbocycles. The van der Waals surface area contributed by atoms with Crippen molar-refractivity contribution in [3.8, 4) is 6.07 Å². The van der Waals surface area contributed by atoms with Crippen LogP contribution in [0.5, 0.6) is 0 Å². The van der Waals surface area contributed by atoms with Crippen molar-refractivity contribution in [3.05, 3.63) is 33.8 Å². The number of halogens is 1. The van der Waals surface area contributed by atoms with E-state index >= 15 is 0 Å². The van der Waals surface area contributed by atoms with Gasteiger partial charge < -0.3 is 9.84 Å². The zero-order valence-electron chi connectivity index (χ0n) is 10.2. The Bertz CT molecular complexity index is 469. The van der Waals surface area contributed by atoms with Crippen LogP contribution in [0.1, 0.15) is 24.0 Å². The summed E-state index contributed by atoms with van der Waals surface area (Å²) in [6.07, 6.45) is 2.80. The Labute approximate surface area is 116 Å². The smallest absolute Gasteiger partial charge is 0.158 e. The Morgan fingerprint density at radius 1 is 1.44 bits per heavy atom. The summed E-state index contributed by atoms with van der Waals surface area (Å²) in [5, 5.41) is 18.1. The lowest BCUT2D eigenvalue weighted by atomic mass is 9.81. The molecule has 0 fully saturated rings. The number of hydrogen-bond donors (Lipinski definition) is 1. The molecule has 0 aliphatic heterocycles. The maximum absolute atomic E-state index is 9.37. The molecule has 0 heterocycles. The highest BCUT2D eigenvalue weighted by molar-refractivity contribution is 9.10. The maximum Gasteiger partial charge on any atom is 0.158 e. The Kier molecular flexibility index (Phi) is 4.39. The fraction of sp³-hybridized carbons (Fsp3) is 0.500. The van der Waals surface area contributed by atoms with Gasteiger partial charge in [-0.1, -0.05) is 22.0 Å². The van der Waals surface area contributed by atoms with Gasteiger partial charge in [-0.05, 0) is 42.5 Å². The summed E-state index contributed by atoms with van der Waals surface area (Å²) in [6, 6.07) is 8.49. The molecule has 1 aliphatic rings. The van der Waals surface area contributed by atoms with Gasteiger partial charge in [0.2, 0.25) is 0 Å². The van der Waals surface area contributed by atoms with E-state index in [1.54, 1.807) is 0 Å². The predicted octanol–water partition coefficient (Wildman–Crippen LogP) is 2.60. The van der Waals surface area contributed by atoms with Crippen LogP contribution < -0.4 is 0 Å². The van der Waals surface area contributed by atoms with Gasteiger partial charge in [0.05, 0.1) is 12.7 Å². The second-order valence-electron chi connectivity index (χ2n) is 4.62. The molecular weight excluding hydrogens is 294 g/mol. The minimum absolute atomic E-state index is 0.102. The number of rotatable bonds is 4. The van der Waals surface area contributed by atoms with Crippen LogP contribution in [0.4, 0.5) is 0 Å². The highest BCUT2D eigenvalue weighted by Gasteiger charge is 2.35. The van der Waals surface area contributed by atoms with Crippen LogP contribution in [-0.4, -0.2) is 23.9 Å². The van der Waals surface area contributed by atoms with Crippen molar-refractivity contribution in [2.45, 2.75) is 31.3 Å². The van der Waals surface area contributed by atoms with Gasteiger partial charge in [-0.25, -0.2) is 0 Å². The van der Waals surface area contributed by atoms with Crippen molar-refractivity contribution >= 4 is 15.9 Å². The van der Waals surface area contributed by atoms with E-state index in [1.807, 2.05) is 6.07 Å². The molecule has 0 aromatic heterocycles. The predicted molar refractivity (Wildman–Crippen MR) is 72.2 cm³/mol. The number of nitrogens with zero attached hydrogens (tertiary/aromatic N) is 1. The van der Waals surface area contributed by atoms with Crippen LogP contribution >= 0.6 is 15.9 Å². The van der Waals surface area contributed by atoms with Crippen molar-refractivity contribution in [3.63, 3.8) is 0 Å². The molecule has 1 N–H and O–H groups in total. The molecule has 18 heavy (non-hydrogen) atoms. The van der Waals surface area contributed by atoms with Crippen molar-refractivity contribution in [1.82, 2.24) is 0 Å². The van der Waals surface area contributed by atoms with E-state index in [1.165, 1.54) is 11.1 Å². The molecular formula is C14H16BrNO2. The van der Waals surface area contributed by atoms with E-state index in [4.69, 9.17) is 9.84 Å². The monoisotopic (exact) mass is 309 g/mol. The number of aryl methyl sites for hydroxylation is 1. The summed E-state index contributed by atoms with van der Waals surface area (Å²) in [5.74, 6) is 0. The molecule has 1 aromatic rings. The summed E-state index contributed by atoms with van der Waals surface area (Å²) < 4.78 is 6.79. The van der Waals surface area contributed by atoms with Gasteiger partial charge in [-0.2, -0.15) is 5.26 Å². The highest BCUT2D eigenvalue weighted by atomic mass is 79.9. The van der Waals surface area contributed by atoms with E-state index in [2.05, 4.69) is 34.1 Å².